The van der Waals surface area contributed by atoms with Crippen molar-refractivity contribution in [1.82, 2.24) is 5.32 Å². The van der Waals surface area contributed by atoms with Crippen LogP contribution < -0.4 is 15.1 Å². The lowest BCUT2D eigenvalue weighted by Gasteiger charge is -2.37. The molecule has 0 bridgehead atoms. The van der Waals surface area contributed by atoms with Gasteiger partial charge in [0.15, 0.2) is 0 Å². The molecular formula is C17H29N3. The molecule has 0 amide bonds. The Hall–Kier alpha value is -1.22. The molecule has 0 radical (unpaired) electrons. The van der Waals surface area contributed by atoms with Crippen LogP contribution in [0.4, 0.5) is 11.4 Å². The molecule has 20 heavy (non-hydrogen) atoms. The van der Waals surface area contributed by atoms with Gasteiger partial charge in [-0.15, -0.1) is 0 Å². The smallest absolute Gasteiger partial charge is 0.0604 e. The highest BCUT2D eigenvalue weighted by Gasteiger charge is 2.31. The molecule has 0 atom stereocenters. The standard InChI is InChI=1S/C17H29N3/c1-5-17(6-2)14-20(13-9-12-18-17)16-11-8-7-10-15(16)19(3)4/h7-8,10-11,18H,5-6,9,12-14H2,1-4H3. The third kappa shape index (κ3) is 3.09. The van der Waals surface area contributed by atoms with E-state index >= 15 is 0 Å². The van der Waals surface area contributed by atoms with Gasteiger partial charge >= 0.3 is 0 Å². The molecule has 1 aliphatic heterocycles. The fourth-order valence-electron chi connectivity index (χ4n) is 3.16. The number of hydrogen-bond acceptors (Lipinski definition) is 3. The van der Waals surface area contributed by atoms with Crippen molar-refractivity contribution in [3.8, 4) is 0 Å². The molecule has 2 rings (SSSR count). The average molecular weight is 275 g/mol. The summed E-state index contributed by atoms with van der Waals surface area (Å²) in [6.07, 6.45) is 3.58. The molecule has 3 nitrogen and oxygen atoms in total. The van der Waals surface area contributed by atoms with Crippen molar-refractivity contribution < 1.29 is 0 Å². The summed E-state index contributed by atoms with van der Waals surface area (Å²) >= 11 is 0. The molecule has 0 aliphatic carbocycles. The van der Waals surface area contributed by atoms with Crippen LogP contribution in [-0.4, -0.2) is 39.3 Å². The van der Waals surface area contributed by atoms with Crippen LogP contribution in [0.15, 0.2) is 24.3 Å². The quantitative estimate of drug-likeness (QED) is 0.911. The molecular weight excluding hydrogens is 246 g/mol. The zero-order valence-electron chi connectivity index (χ0n) is 13.4. The van der Waals surface area contributed by atoms with E-state index in [9.17, 15) is 0 Å². The van der Waals surface area contributed by atoms with Crippen molar-refractivity contribution in [3.63, 3.8) is 0 Å². The number of para-hydroxylation sites is 2. The number of nitrogens with zero attached hydrogens (tertiary/aromatic N) is 2. The molecule has 0 unspecified atom stereocenters. The van der Waals surface area contributed by atoms with E-state index in [2.05, 4.69) is 67.3 Å². The van der Waals surface area contributed by atoms with E-state index in [1.807, 2.05) is 0 Å². The van der Waals surface area contributed by atoms with E-state index in [0.29, 0.717) is 0 Å². The third-order valence-corrected chi connectivity index (χ3v) is 4.66. The largest absolute Gasteiger partial charge is 0.376 e. The van der Waals surface area contributed by atoms with Crippen LogP contribution in [0, 0.1) is 0 Å². The first-order chi connectivity index (χ1) is 9.62. The summed E-state index contributed by atoms with van der Waals surface area (Å²) in [6, 6.07) is 8.76. The molecule has 1 fully saturated rings. The fourth-order valence-corrected chi connectivity index (χ4v) is 3.16. The number of nitrogens with one attached hydrogen (secondary N) is 1. The summed E-state index contributed by atoms with van der Waals surface area (Å²) in [5, 5.41) is 3.79. The van der Waals surface area contributed by atoms with Crippen LogP contribution in [0.3, 0.4) is 0 Å². The first-order valence-corrected chi connectivity index (χ1v) is 7.88. The van der Waals surface area contributed by atoms with Crippen molar-refractivity contribution in [1.29, 1.82) is 0 Å². The molecule has 1 aromatic rings. The topological polar surface area (TPSA) is 18.5 Å². The molecule has 1 N–H and O–H groups in total. The molecule has 1 aliphatic rings. The van der Waals surface area contributed by atoms with Crippen LogP contribution >= 0.6 is 0 Å². The van der Waals surface area contributed by atoms with Gasteiger partial charge in [-0.1, -0.05) is 26.0 Å². The average Bonchev–Trinajstić information content (AvgIpc) is 2.70. The molecule has 0 aromatic heterocycles. The van der Waals surface area contributed by atoms with E-state index in [4.69, 9.17) is 0 Å². The number of rotatable bonds is 4. The van der Waals surface area contributed by atoms with Gasteiger partial charge in [-0.25, -0.2) is 0 Å². The van der Waals surface area contributed by atoms with Gasteiger partial charge in [0, 0.05) is 32.7 Å². The molecule has 0 saturated carbocycles. The SMILES string of the molecule is CCC1(CC)CN(c2ccccc2N(C)C)CCCN1. The molecule has 0 spiro atoms. The van der Waals surface area contributed by atoms with Crippen LogP contribution in [0.5, 0.6) is 0 Å². The molecule has 3 heteroatoms. The minimum absolute atomic E-state index is 0.260. The second-order valence-electron chi connectivity index (χ2n) is 6.07. The normalized spacial score (nSPS) is 18.7. The Balaban J connectivity index is 2.31. The zero-order valence-corrected chi connectivity index (χ0v) is 13.4. The van der Waals surface area contributed by atoms with Gasteiger partial charge in [0.2, 0.25) is 0 Å². The van der Waals surface area contributed by atoms with E-state index in [-0.39, 0.29) is 5.54 Å². The minimum Gasteiger partial charge on any atom is -0.376 e. The minimum atomic E-state index is 0.260. The van der Waals surface area contributed by atoms with Crippen molar-refractivity contribution in [2.24, 2.45) is 0 Å². The highest BCUT2D eigenvalue weighted by atomic mass is 15.2. The van der Waals surface area contributed by atoms with Gasteiger partial charge in [-0.2, -0.15) is 0 Å². The first kappa shape index (κ1) is 15.2. The van der Waals surface area contributed by atoms with E-state index < -0.39 is 0 Å². The second kappa shape index (κ2) is 6.49. The van der Waals surface area contributed by atoms with Gasteiger partial charge < -0.3 is 15.1 Å². The zero-order chi connectivity index (χ0) is 14.6. The van der Waals surface area contributed by atoms with Crippen LogP contribution in [0.2, 0.25) is 0 Å². The van der Waals surface area contributed by atoms with E-state index in [1.54, 1.807) is 0 Å². The van der Waals surface area contributed by atoms with E-state index in [1.165, 1.54) is 30.6 Å². The highest BCUT2D eigenvalue weighted by molar-refractivity contribution is 5.71. The Morgan fingerprint density at radius 1 is 1.20 bits per heavy atom. The van der Waals surface area contributed by atoms with Gasteiger partial charge in [-0.3, -0.25) is 0 Å². The maximum Gasteiger partial charge on any atom is 0.0604 e. The Morgan fingerprint density at radius 2 is 1.90 bits per heavy atom. The van der Waals surface area contributed by atoms with Crippen molar-refractivity contribution in [2.75, 3.05) is 43.5 Å². The van der Waals surface area contributed by atoms with E-state index in [0.717, 1.165) is 19.6 Å². The summed E-state index contributed by atoms with van der Waals surface area (Å²) in [6.45, 7) is 7.97. The number of anilines is 2. The summed E-state index contributed by atoms with van der Waals surface area (Å²) in [4.78, 5) is 4.79. The lowest BCUT2D eigenvalue weighted by Crippen LogP contribution is -2.50. The predicted octanol–water partition coefficient (Wildman–Crippen LogP) is 3.11. The monoisotopic (exact) mass is 275 g/mol. The van der Waals surface area contributed by atoms with Crippen molar-refractivity contribution in [2.45, 2.75) is 38.6 Å². The summed E-state index contributed by atoms with van der Waals surface area (Å²) in [5.74, 6) is 0. The third-order valence-electron chi connectivity index (χ3n) is 4.66. The maximum absolute atomic E-state index is 3.79. The van der Waals surface area contributed by atoms with Gasteiger partial charge in [0.05, 0.1) is 11.4 Å². The first-order valence-electron chi connectivity index (χ1n) is 7.88. The Labute approximate surface area is 124 Å². The molecule has 112 valence electrons. The summed E-state index contributed by atoms with van der Waals surface area (Å²) in [7, 11) is 4.25. The number of benzene rings is 1. The van der Waals surface area contributed by atoms with Crippen LogP contribution in [0.1, 0.15) is 33.1 Å². The van der Waals surface area contributed by atoms with Gasteiger partial charge in [0.1, 0.15) is 0 Å². The van der Waals surface area contributed by atoms with Gasteiger partial charge in [0.25, 0.3) is 0 Å². The van der Waals surface area contributed by atoms with Gasteiger partial charge in [-0.05, 0) is 37.9 Å². The van der Waals surface area contributed by atoms with Crippen LogP contribution in [0.25, 0.3) is 0 Å². The van der Waals surface area contributed by atoms with Crippen molar-refractivity contribution >= 4 is 11.4 Å². The molecule has 1 aromatic carbocycles. The summed E-state index contributed by atoms with van der Waals surface area (Å²) < 4.78 is 0. The Kier molecular flexibility index (Phi) is 4.92. The molecule has 1 heterocycles. The maximum atomic E-state index is 3.79. The lowest BCUT2D eigenvalue weighted by atomic mass is 9.92. The molecule has 1 saturated heterocycles. The Bertz CT molecular complexity index is 424. The van der Waals surface area contributed by atoms with Crippen molar-refractivity contribution in [3.05, 3.63) is 24.3 Å². The second-order valence-corrected chi connectivity index (χ2v) is 6.07. The number of hydrogen-bond donors (Lipinski definition) is 1. The highest BCUT2D eigenvalue weighted by Crippen LogP contribution is 2.31. The fraction of sp³-hybridized carbons (Fsp3) is 0.647. The summed E-state index contributed by atoms with van der Waals surface area (Å²) in [5.41, 5.74) is 2.94. The lowest BCUT2D eigenvalue weighted by molar-refractivity contribution is 0.322. The van der Waals surface area contributed by atoms with Crippen LogP contribution in [-0.2, 0) is 0 Å². The Morgan fingerprint density at radius 3 is 2.55 bits per heavy atom. The predicted molar refractivity (Wildman–Crippen MR) is 88.9 cm³/mol.